The average molecular weight is 584 g/mol. The van der Waals surface area contributed by atoms with Crippen LogP contribution in [-0.4, -0.2) is 37.5 Å². The molecule has 0 aliphatic heterocycles. The molecule has 0 aliphatic carbocycles. The Morgan fingerprint density at radius 1 is 1.05 bits per heavy atom. The number of amides is 1. The molecule has 0 saturated heterocycles. The summed E-state index contributed by atoms with van der Waals surface area (Å²) in [7, 11) is -2.55. The van der Waals surface area contributed by atoms with E-state index in [0.29, 0.717) is 15.9 Å². The summed E-state index contributed by atoms with van der Waals surface area (Å²) >= 11 is 3.35. The van der Waals surface area contributed by atoms with Crippen LogP contribution in [0.25, 0.3) is 5.69 Å². The molecule has 192 valence electrons. The van der Waals surface area contributed by atoms with Crippen LogP contribution >= 0.6 is 15.9 Å². The zero-order valence-corrected chi connectivity index (χ0v) is 23.1. The van der Waals surface area contributed by atoms with Gasteiger partial charge in [0.25, 0.3) is 10.0 Å². The van der Waals surface area contributed by atoms with Crippen molar-refractivity contribution < 1.29 is 17.9 Å². The number of methoxy groups -OCH3 is 1. The summed E-state index contributed by atoms with van der Waals surface area (Å²) < 4.78 is 36.1. The van der Waals surface area contributed by atoms with Gasteiger partial charge < -0.3 is 14.6 Å². The minimum Gasteiger partial charge on any atom is -0.496 e. The highest BCUT2D eigenvalue weighted by Gasteiger charge is 2.28. The third kappa shape index (κ3) is 6.03. The Morgan fingerprint density at radius 2 is 1.76 bits per heavy atom. The van der Waals surface area contributed by atoms with Crippen molar-refractivity contribution in [3.8, 4) is 11.4 Å². The molecule has 0 aliphatic rings. The van der Waals surface area contributed by atoms with E-state index in [1.54, 1.807) is 24.4 Å². The first-order chi connectivity index (χ1) is 17.7. The van der Waals surface area contributed by atoms with E-state index >= 15 is 0 Å². The third-order valence-electron chi connectivity index (χ3n) is 5.85. The summed E-state index contributed by atoms with van der Waals surface area (Å²) in [6.45, 7) is 3.72. The second kappa shape index (κ2) is 11.2. The Balaban J connectivity index is 1.52. The highest BCUT2D eigenvalue weighted by molar-refractivity contribution is 9.10. The van der Waals surface area contributed by atoms with E-state index < -0.39 is 15.9 Å². The Hall–Kier alpha value is -3.63. The molecule has 0 fully saturated rings. The molecular formula is C27H27BrN4O4S. The lowest BCUT2D eigenvalue weighted by Crippen LogP contribution is -2.40. The number of ether oxygens (including phenoxy) is 1. The number of nitrogens with zero attached hydrogens (tertiary/aromatic N) is 3. The molecule has 1 N–H and O–H groups in total. The molecule has 0 unspecified atom stereocenters. The molecule has 4 aromatic rings. The number of carbonyl (C=O) groups is 1. The van der Waals surface area contributed by atoms with Crippen LogP contribution in [0.5, 0.6) is 5.75 Å². The van der Waals surface area contributed by atoms with Crippen LogP contribution < -0.4 is 14.4 Å². The van der Waals surface area contributed by atoms with Crippen LogP contribution in [0, 0.1) is 13.8 Å². The molecule has 0 radical (unpaired) electrons. The number of anilines is 1. The van der Waals surface area contributed by atoms with Crippen molar-refractivity contribution in [2.24, 2.45) is 0 Å². The van der Waals surface area contributed by atoms with E-state index in [9.17, 15) is 13.2 Å². The van der Waals surface area contributed by atoms with Gasteiger partial charge in [0, 0.05) is 24.6 Å². The molecule has 0 atom stereocenters. The van der Waals surface area contributed by atoms with Crippen molar-refractivity contribution in [1.29, 1.82) is 0 Å². The van der Waals surface area contributed by atoms with Crippen LogP contribution in [0.2, 0.25) is 0 Å². The lowest BCUT2D eigenvalue weighted by atomic mass is 10.2. The van der Waals surface area contributed by atoms with Gasteiger partial charge in [-0.05, 0) is 77.8 Å². The van der Waals surface area contributed by atoms with Crippen LogP contribution in [-0.2, 0) is 21.4 Å². The van der Waals surface area contributed by atoms with E-state index in [4.69, 9.17) is 4.74 Å². The molecule has 1 heterocycles. The zero-order chi connectivity index (χ0) is 26.6. The fourth-order valence-corrected chi connectivity index (χ4v) is 5.91. The van der Waals surface area contributed by atoms with Crippen LogP contribution in [0.4, 0.5) is 5.69 Å². The molecule has 37 heavy (non-hydrogen) atoms. The van der Waals surface area contributed by atoms with Gasteiger partial charge in [0.05, 0.1) is 22.2 Å². The second-order valence-corrected chi connectivity index (χ2v) is 11.1. The van der Waals surface area contributed by atoms with E-state index in [0.717, 1.165) is 26.9 Å². The van der Waals surface area contributed by atoms with Gasteiger partial charge in [-0.25, -0.2) is 13.4 Å². The number of benzene rings is 3. The van der Waals surface area contributed by atoms with E-state index in [2.05, 4.69) is 26.2 Å². The minimum absolute atomic E-state index is 0.0407. The number of rotatable bonds is 9. The van der Waals surface area contributed by atoms with Crippen LogP contribution in [0.15, 0.2) is 88.5 Å². The Bertz CT molecular complexity index is 1500. The van der Waals surface area contributed by atoms with E-state index in [-0.39, 0.29) is 18.0 Å². The quantitative estimate of drug-likeness (QED) is 0.307. The molecule has 1 amide bonds. The van der Waals surface area contributed by atoms with Crippen molar-refractivity contribution in [1.82, 2.24) is 14.9 Å². The van der Waals surface area contributed by atoms with Crippen LogP contribution in [0.3, 0.4) is 0 Å². The van der Waals surface area contributed by atoms with Crippen molar-refractivity contribution in [2.45, 2.75) is 25.3 Å². The predicted molar refractivity (Wildman–Crippen MR) is 147 cm³/mol. The number of nitrogens with one attached hydrogen (secondary N) is 1. The van der Waals surface area contributed by atoms with Gasteiger partial charge in [-0.1, -0.05) is 29.8 Å². The number of aromatic nitrogens is 2. The minimum atomic E-state index is -4.05. The monoisotopic (exact) mass is 582 g/mol. The van der Waals surface area contributed by atoms with Gasteiger partial charge in [-0.3, -0.25) is 9.10 Å². The molecule has 1 aromatic heterocycles. The maximum absolute atomic E-state index is 13.6. The number of carbonyl (C=O) groups excluding carboxylic acids is 1. The Morgan fingerprint density at radius 3 is 2.35 bits per heavy atom. The molecule has 10 heteroatoms. The smallest absolute Gasteiger partial charge is 0.264 e. The first-order valence-corrected chi connectivity index (χ1v) is 13.7. The van der Waals surface area contributed by atoms with Gasteiger partial charge >= 0.3 is 0 Å². The van der Waals surface area contributed by atoms with Gasteiger partial charge in [0.2, 0.25) is 5.91 Å². The summed E-state index contributed by atoms with van der Waals surface area (Å²) in [5.74, 6) is 0.960. The van der Waals surface area contributed by atoms with Crippen molar-refractivity contribution in [3.05, 3.63) is 101 Å². The maximum atomic E-state index is 13.6. The van der Waals surface area contributed by atoms with Crippen molar-refractivity contribution in [2.75, 3.05) is 18.0 Å². The van der Waals surface area contributed by atoms with Gasteiger partial charge in [-0.15, -0.1) is 0 Å². The van der Waals surface area contributed by atoms with Gasteiger partial charge in [0.15, 0.2) is 0 Å². The first kappa shape index (κ1) is 26.4. The van der Waals surface area contributed by atoms with Crippen molar-refractivity contribution in [3.63, 3.8) is 0 Å². The Labute approximate surface area is 225 Å². The van der Waals surface area contributed by atoms with Crippen molar-refractivity contribution >= 4 is 37.5 Å². The number of imidazole rings is 1. The number of aryl methyl sites for hydroxylation is 2. The summed E-state index contributed by atoms with van der Waals surface area (Å²) in [5.41, 5.74) is 3.23. The third-order valence-corrected chi connectivity index (χ3v) is 8.24. The van der Waals surface area contributed by atoms with Gasteiger partial charge in [0.1, 0.15) is 18.1 Å². The highest BCUT2D eigenvalue weighted by atomic mass is 79.9. The molecule has 3 aromatic carbocycles. The SMILES string of the molecule is COc1ccc(S(=O)(=O)N(CC(=O)NCc2ccc(-n3ccnc3C)cc2)c2ccc(C)cc2)cc1Br. The molecular weight excluding hydrogens is 556 g/mol. The van der Waals surface area contributed by atoms with E-state index in [1.165, 1.54) is 19.2 Å². The number of hydrogen-bond acceptors (Lipinski definition) is 5. The molecule has 0 bridgehead atoms. The second-order valence-electron chi connectivity index (χ2n) is 8.43. The fourth-order valence-electron chi connectivity index (χ4n) is 3.77. The van der Waals surface area contributed by atoms with Gasteiger partial charge in [-0.2, -0.15) is 0 Å². The maximum Gasteiger partial charge on any atom is 0.264 e. The molecule has 4 rings (SSSR count). The highest BCUT2D eigenvalue weighted by Crippen LogP contribution is 2.30. The molecule has 0 spiro atoms. The summed E-state index contributed by atoms with van der Waals surface area (Å²) in [6.07, 6.45) is 3.62. The largest absolute Gasteiger partial charge is 0.496 e. The van der Waals surface area contributed by atoms with E-state index in [1.807, 2.05) is 61.0 Å². The summed E-state index contributed by atoms with van der Waals surface area (Å²) in [5, 5.41) is 2.84. The van der Waals surface area contributed by atoms with Crippen LogP contribution in [0.1, 0.15) is 17.0 Å². The predicted octanol–water partition coefficient (Wildman–Crippen LogP) is 4.77. The number of sulfonamides is 1. The average Bonchev–Trinajstić information content (AvgIpc) is 3.32. The lowest BCUT2D eigenvalue weighted by molar-refractivity contribution is -0.119. The lowest BCUT2D eigenvalue weighted by Gasteiger charge is -2.24. The number of halogens is 1. The summed E-state index contributed by atoms with van der Waals surface area (Å²) in [6, 6.07) is 19.2. The number of hydrogen-bond donors (Lipinski definition) is 1. The zero-order valence-electron chi connectivity index (χ0n) is 20.7. The normalized spacial score (nSPS) is 11.2. The standard InChI is InChI=1S/C27H27BrN4O4S/c1-19-4-8-23(9-5-19)32(37(34,35)24-12-13-26(36-3)25(28)16-24)18-27(33)30-17-21-6-10-22(11-7-21)31-15-14-29-20(31)2/h4-16H,17-18H2,1-3H3,(H,30,33). The molecule has 8 nitrogen and oxygen atoms in total. The topological polar surface area (TPSA) is 93.5 Å². The Kier molecular flexibility index (Phi) is 7.99. The fraction of sp³-hybridized carbons (Fsp3) is 0.185. The summed E-state index contributed by atoms with van der Waals surface area (Å²) in [4.78, 5) is 17.2. The first-order valence-electron chi connectivity index (χ1n) is 11.5. The molecule has 0 saturated carbocycles.